The van der Waals surface area contributed by atoms with Gasteiger partial charge in [0.1, 0.15) is 0 Å². The lowest BCUT2D eigenvalue weighted by molar-refractivity contribution is 0.0989. The molecule has 0 heterocycles. The Morgan fingerprint density at radius 1 is 0.677 bits per heavy atom. The maximum Gasteiger partial charge on any atom is 0.409 e. The second-order valence-electron chi connectivity index (χ2n) is 8.88. The van der Waals surface area contributed by atoms with Crippen LogP contribution in [-0.2, 0) is 4.74 Å². The number of carbonyl (C=O) groups is 1. The second kappa shape index (κ2) is 25.5. The van der Waals surface area contributed by atoms with E-state index < -0.39 is 0 Å². The Kier molecular flexibility index (Phi) is 24.8. The van der Waals surface area contributed by atoms with Crippen molar-refractivity contribution in [2.45, 2.75) is 123 Å². The van der Waals surface area contributed by atoms with Crippen LogP contribution in [0.3, 0.4) is 0 Å². The van der Waals surface area contributed by atoms with E-state index in [2.05, 4.69) is 19.2 Å². The SMILES string of the molecule is CCCCCCCCN(CCCCCCCC)C(=O)OCCCCCCCNCCO. The van der Waals surface area contributed by atoms with Gasteiger partial charge < -0.3 is 20.1 Å². The molecule has 0 aliphatic rings. The molecular weight excluding hydrogens is 388 g/mol. The average Bonchev–Trinajstić information content (AvgIpc) is 2.78. The zero-order valence-electron chi connectivity index (χ0n) is 21.0. The molecule has 0 saturated heterocycles. The van der Waals surface area contributed by atoms with E-state index in [4.69, 9.17) is 9.84 Å². The first-order valence-corrected chi connectivity index (χ1v) is 13.5. The third-order valence-corrected chi connectivity index (χ3v) is 5.83. The van der Waals surface area contributed by atoms with Crippen molar-refractivity contribution in [2.75, 3.05) is 39.4 Å². The van der Waals surface area contributed by atoms with Gasteiger partial charge in [-0.25, -0.2) is 4.79 Å². The molecule has 0 aliphatic heterocycles. The van der Waals surface area contributed by atoms with Crippen LogP contribution in [0.15, 0.2) is 0 Å². The number of unbranched alkanes of at least 4 members (excludes halogenated alkanes) is 14. The van der Waals surface area contributed by atoms with E-state index >= 15 is 0 Å². The molecule has 186 valence electrons. The fourth-order valence-corrected chi connectivity index (χ4v) is 3.80. The van der Waals surface area contributed by atoms with E-state index in [1.165, 1.54) is 77.0 Å². The first kappa shape index (κ1) is 30.2. The highest BCUT2D eigenvalue weighted by atomic mass is 16.6. The predicted molar refractivity (Wildman–Crippen MR) is 133 cm³/mol. The van der Waals surface area contributed by atoms with E-state index in [1.807, 2.05) is 4.90 Å². The highest BCUT2D eigenvalue weighted by molar-refractivity contribution is 5.67. The molecule has 0 aromatic heterocycles. The van der Waals surface area contributed by atoms with E-state index in [9.17, 15) is 4.79 Å². The molecule has 2 N–H and O–H groups in total. The smallest absolute Gasteiger partial charge is 0.409 e. The summed E-state index contributed by atoms with van der Waals surface area (Å²) in [6, 6.07) is 0. The summed E-state index contributed by atoms with van der Waals surface area (Å²) in [6.45, 7) is 8.60. The summed E-state index contributed by atoms with van der Waals surface area (Å²) < 4.78 is 5.60. The summed E-state index contributed by atoms with van der Waals surface area (Å²) in [6.07, 6.45) is 20.5. The molecule has 0 unspecified atom stereocenters. The Labute approximate surface area is 193 Å². The summed E-state index contributed by atoms with van der Waals surface area (Å²) in [5, 5.41) is 11.9. The number of nitrogens with zero attached hydrogens (tertiary/aromatic N) is 1. The number of ether oxygens (including phenoxy) is 1. The van der Waals surface area contributed by atoms with E-state index in [-0.39, 0.29) is 12.7 Å². The monoisotopic (exact) mass is 442 g/mol. The van der Waals surface area contributed by atoms with Gasteiger partial charge in [0.15, 0.2) is 0 Å². The van der Waals surface area contributed by atoms with E-state index in [1.54, 1.807) is 0 Å². The van der Waals surface area contributed by atoms with Crippen molar-refractivity contribution < 1.29 is 14.6 Å². The summed E-state index contributed by atoms with van der Waals surface area (Å²) in [7, 11) is 0. The van der Waals surface area contributed by atoms with Crippen molar-refractivity contribution in [3.63, 3.8) is 0 Å². The molecule has 0 aliphatic carbocycles. The Morgan fingerprint density at radius 3 is 1.71 bits per heavy atom. The van der Waals surface area contributed by atoms with Gasteiger partial charge in [0, 0.05) is 19.6 Å². The lowest BCUT2D eigenvalue weighted by Gasteiger charge is -2.22. The number of hydrogen-bond donors (Lipinski definition) is 2. The van der Waals surface area contributed by atoms with Gasteiger partial charge in [-0.1, -0.05) is 97.3 Å². The quantitative estimate of drug-likeness (QED) is 0.164. The third kappa shape index (κ3) is 22.2. The maximum absolute atomic E-state index is 12.6. The first-order valence-electron chi connectivity index (χ1n) is 13.5. The van der Waals surface area contributed by atoms with Crippen LogP contribution in [0.5, 0.6) is 0 Å². The second-order valence-corrected chi connectivity index (χ2v) is 8.88. The van der Waals surface area contributed by atoms with Gasteiger partial charge in [-0.05, 0) is 32.2 Å². The van der Waals surface area contributed by atoms with E-state index in [0.717, 1.165) is 51.7 Å². The van der Waals surface area contributed by atoms with Crippen LogP contribution < -0.4 is 5.32 Å². The molecule has 0 rings (SSSR count). The van der Waals surface area contributed by atoms with Gasteiger partial charge in [-0.15, -0.1) is 0 Å². The molecule has 0 aromatic carbocycles. The minimum Gasteiger partial charge on any atom is -0.449 e. The molecular formula is C26H54N2O3. The van der Waals surface area contributed by atoms with Crippen LogP contribution in [-0.4, -0.2) is 55.5 Å². The molecule has 0 aromatic rings. The molecule has 1 amide bonds. The molecule has 5 nitrogen and oxygen atoms in total. The maximum atomic E-state index is 12.6. The van der Waals surface area contributed by atoms with Crippen LogP contribution >= 0.6 is 0 Å². The van der Waals surface area contributed by atoms with Crippen LogP contribution in [0.4, 0.5) is 4.79 Å². The van der Waals surface area contributed by atoms with E-state index in [0.29, 0.717) is 13.2 Å². The minimum absolute atomic E-state index is 0.102. The predicted octanol–water partition coefficient (Wildman–Crippen LogP) is 6.68. The van der Waals surface area contributed by atoms with Crippen molar-refractivity contribution in [1.29, 1.82) is 0 Å². The summed E-state index contributed by atoms with van der Waals surface area (Å²) in [5.41, 5.74) is 0. The van der Waals surface area contributed by atoms with Gasteiger partial charge in [-0.2, -0.15) is 0 Å². The largest absolute Gasteiger partial charge is 0.449 e. The Balaban J connectivity index is 3.95. The van der Waals surface area contributed by atoms with Crippen molar-refractivity contribution >= 4 is 6.09 Å². The number of amides is 1. The normalized spacial score (nSPS) is 11.1. The van der Waals surface area contributed by atoms with Gasteiger partial charge in [0.2, 0.25) is 0 Å². The van der Waals surface area contributed by atoms with Crippen molar-refractivity contribution in [3.05, 3.63) is 0 Å². The zero-order chi connectivity index (χ0) is 22.8. The number of rotatable bonds is 24. The topological polar surface area (TPSA) is 61.8 Å². The molecule has 0 bridgehead atoms. The van der Waals surface area contributed by atoms with Crippen LogP contribution in [0.25, 0.3) is 0 Å². The minimum atomic E-state index is -0.102. The zero-order valence-corrected chi connectivity index (χ0v) is 21.0. The number of carbonyl (C=O) groups excluding carboxylic acids is 1. The highest BCUT2D eigenvalue weighted by Gasteiger charge is 2.14. The van der Waals surface area contributed by atoms with Gasteiger partial charge in [-0.3, -0.25) is 0 Å². The fraction of sp³-hybridized carbons (Fsp3) is 0.962. The lowest BCUT2D eigenvalue weighted by atomic mass is 10.1. The fourth-order valence-electron chi connectivity index (χ4n) is 3.80. The van der Waals surface area contributed by atoms with Crippen molar-refractivity contribution in [1.82, 2.24) is 10.2 Å². The summed E-state index contributed by atoms with van der Waals surface area (Å²) in [5.74, 6) is 0. The molecule has 0 atom stereocenters. The van der Waals surface area contributed by atoms with Gasteiger partial charge in [0.25, 0.3) is 0 Å². The Bertz CT molecular complexity index is 351. The Hall–Kier alpha value is -0.810. The van der Waals surface area contributed by atoms with Crippen LogP contribution in [0, 0.1) is 0 Å². The van der Waals surface area contributed by atoms with Gasteiger partial charge in [0.05, 0.1) is 13.2 Å². The first-order chi connectivity index (χ1) is 15.3. The molecule has 0 fully saturated rings. The third-order valence-electron chi connectivity index (χ3n) is 5.83. The molecule has 31 heavy (non-hydrogen) atoms. The number of nitrogens with one attached hydrogen (secondary N) is 1. The molecule has 5 heteroatoms. The summed E-state index contributed by atoms with van der Waals surface area (Å²) in [4.78, 5) is 14.6. The number of aliphatic hydroxyl groups excluding tert-OH is 1. The number of aliphatic hydroxyl groups is 1. The average molecular weight is 443 g/mol. The van der Waals surface area contributed by atoms with Crippen molar-refractivity contribution in [2.24, 2.45) is 0 Å². The Morgan fingerprint density at radius 2 is 1.16 bits per heavy atom. The molecule has 0 saturated carbocycles. The summed E-state index contributed by atoms with van der Waals surface area (Å²) >= 11 is 0. The number of hydrogen-bond acceptors (Lipinski definition) is 4. The highest BCUT2D eigenvalue weighted by Crippen LogP contribution is 2.10. The van der Waals surface area contributed by atoms with Crippen LogP contribution in [0.2, 0.25) is 0 Å². The standard InChI is InChI=1S/C26H54N2O3/c1-3-5-7-9-13-17-22-28(23-18-14-10-8-6-4-2)26(30)31-25-19-15-11-12-16-20-27-21-24-29/h27,29H,3-25H2,1-2H3. The van der Waals surface area contributed by atoms with Crippen molar-refractivity contribution in [3.8, 4) is 0 Å². The van der Waals surface area contributed by atoms with Crippen LogP contribution in [0.1, 0.15) is 123 Å². The molecule has 0 radical (unpaired) electrons. The molecule has 0 spiro atoms. The lowest BCUT2D eigenvalue weighted by Crippen LogP contribution is -2.33. The van der Waals surface area contributed by atoms with Gasteiger partial charge >= 0.3 is 6.09 Å².